The molecule has 38 heavy (non-hydrogen) atoms. The van der Waals surface area contributed by atoms with E-state index in [1.54, 1.807) is 30.6 Å². The zero-order valence-corrected chi connectivity index (χ0v) is 21.0. The molecule has 4 aromatic rings. The van der Waals surface area contributed by atoms with Crippen molar-refractivity contribution in [3.63, 3.8) is 0 Å². The smallest absolute Gasteiger partial charge is 0.123 e. The van der Waals surface area contributed by atoms with Crippen LogP contribution >= 0.6 is 11.6 Å². The Hall–Kier alpha value is -4.33. The Kier molecular flexibility index (Phi) is 6.13. The minimum Gasteiger partial charge on any atom is -0.383 e. The van der Waals surface area contributed by atoms with Crippen LogP contribution < -0.4 is 21.6 Å². The molecule has 5 N–H and O–H groups in total. The normalized spacial score (nSPS) is 16.8. The lowest BCUT2D eigenvalue weighted by Gasteiger charge is -2.22. The number of fused-ring (bicyclic) bond motifs is 1. The number of anilines is 2. The van der Waals surface area contributed by atoms with E-state index < -0.39 is 6.02 Å². The van der Waals surface area contributed by atoms with Crippen LogP contribution in [0.5, 0.6) is 0 Å². The third-order valence-corrected chi connectivity index (χ3v) is 6.75. The molecule has 0 saturated heterocycles. The zero-order valence-electron chi connectivity index (χ0n) is 21.2. The number of pyridine rings is 1. The number of H-pyrrole nitrogens is 1. The number of aromatic amines is 1. The van der Waals surface area contributed by atoms with E-state index in [1.165, 1.54) is 18.3 Å². The van der Waals surface area contributed by atoms with Crippen LogP contribution in [0.2, 0.25) is 5.02 Å². The number of hydrogen-bond donors (Lipinski definition) is 5. The van der Waals surface area contributed by atoms with Gasteiger partial charge in [0.05, 0.1) is 34.9 Å². The fourth-order valence-electron chi connectivity index (χ4n) is 4.41. The Balaban J connectivity index is 1.39. The number of nitrogens with zero attached hydrogens (tertiary/aromatic N) is 4. The molecule has 9 nitrogen and oxygen atoms in total. The molecule has 2 aromatic carbocycles. The lowest BCUT2D eigenvalue weighted by molar-refractivity contribution is 0.260. The summed E-state index contributed by atoms with van der Waals surface area (Å²) in [6.45, 7) is 0.522. The number of aromatic nitrogens is 3. The molecule has 0 radical (unpaired) electrons. The van der Waals surface area contributed by atoms with E-state index in [4.69, 9.17) is 11.6 Å². The van der Waals surface area contributed by atoms with E-state index in [-0.39, 0.29) is 5.82 Å². The second-order valence-corrected chi connectivity index (χ2v) is 9.56. The monoisotopic (exact) mass is 530 g/mol. The van der Waals surface area contributed by atoms with E-state index in [2.05, 4.69) is 42.6 Å². The average Bonchev–Trinajstić information content (AvgIpc) is 3.41. The highest BCUT2D eigenvalue weighted by Gasteiger charge is 2.32. The van der Waals surface area contributed by atoms with E-state index in [0.717, 1.165) is 18.7 Å². The molecular formula is C27H25ClFN9. The van der Waals surface area contributed by atoms with Crippen molar-refractivity contribution in [1.82, 2.24) is 30.9 Å². The van der Waals surface area contributed by atoms with Crippen molar-refractivity contribution in [3.05, 3.63) is 94.7 Å². The van der Waals surface area contributed by atoms with E-state index in [0.29, 0.717) is 63.1 Å². The highest BCUT2D eigenvalue weighted by Crippen LogP contribution is 2.36. The number of nitrogens with one attached hydrogen (secondary N) is 5. The van der Waals surface area contributed by atoms with Crippen LogP contribution in [0.15, 0.2) is 66.9 Å². The molecule has 192 valence electrons. The average molecular weight is 531 g/mol. The van der Waals surface area contributed by atoms with Crippen molar-refractivity contribution in [3.8, 4) is 6.07 Å². The maximum absolute atomic E-state index is 13.8. The summed E-state index contributed by atoms with van der Waals surface area (Å²) in [6, 6.07) is 10.4. The van der Waals surface area contributed by atoms with Gasteiger partial charge in [-0.25, -0.2) is 9.37 Å². The van der Waals surface area contributed by atoms with Crippen molar-refractivity contribution in [2.24, 2.45) is 0 Å². The van der Waals surface area contributed by atoms with Gasteiger partial charge in [0.1, 0.15) is 17.7 Å². The second kappa shape index (κ2) is 10.2. The van der Waals surface area contributed by atoms with Crippen LogP contribution in [0.25, 0.3) is 10.9 Å². The Morgan fingerprint density at radius 2 is 2.11 bits per heavy atom. The van der Waals surface area contributed by atoms with E-state index in [9.17, 15) is 11.0 Å². The molecule has 2 aromatic heterocycles. The third-order valence-electron chi connectivity index (χ3n) is 6.46. The van der Waals surface area contributed by atoms with Gasteiger partial charge in [-0.05, 0) is 42.7 Å². The van der Waals surface area contributed by atoms with Gasteiger partial charge in [-0.3, -0.25) is 9.99 Å². The third kappa shape index (κ3) is 4.94. The highest BCUT2D eigenvalue weighted by molar-refractivity contribution is 6.35. The standard InChI is InChI=1S/C27H25ClFN9/c28-22-12-19(11-21-25(17(13-30)14-34-27(21)22)33-8-7-24-31-9-10-32-24)35-26(16-1-3-18(29)4-2-16)23-15-38(37-36-23)20-5-6-20/h1-4,9-12,14-15,20,26,35-37H,5-8H2,(H,31,32)(H,33,34)/t26-/m1/s1/i26D. The fourth-order valence-corrected chi connectivity index (χ4v) is 4.68. The lowest BCUT2D eigenvalue weighted by Crippen LogP contribution is -2.38. The van der Waals surface area contributed by atoms with Crippen LogP contribution in [0.3, 0.4) is 0 Å². The first-order valence-corrected chi connectivity index (χ1v) is 12.6. The number of benzene rings is 2. The van der Waals surface area contributed by atoms with Gasteiger partial charge in [0.25, 0.3) is 0 Å². The van der Waals surface area contributed by atoms with Crippen molar-refractivity contribution in [1.29, 1.82) is 5.26 Å². The van der Waals surface area contributed by atoms with E-state index in [1.807, 2.05) is 17.3 Å². The first-order chi connectivity index (χ1) is 18.9. The zero-order chi connectivity index (χ0) is 27.0. The maximum Gasteiger partial charge on any atom is 0.123 e. The fraction of sp³-hybridized carbons (Fsp3) is 0.222. The van der Waals surface area contributed by atoms with Gasteiger partial charge < -0.3 is 21.0 Å². The molecule has 2 aliphatic rings. The second-order valence-electron chi connectivity index (χ2n) is 9.15. The summed E-state index contributed by atoms with van der Waals surface area (Å²) in [5.74, 6) is 0.436. The van der Waals surface area contributed by atoms with Gasteiger partial charge >= 0.3 is 0 Å². The first-order valence-electron chi connectivity index (χ1n) is 12.8. The van der Waals surface area contributed by atoms with E-state index >= 15 is 0 Å². The van der Waals surface area contributed by atoms with Crippen LogP contribution in [0, 0.1) is 17.1 Å². The molecule has 3 heterocycles. The highest BCUT2D eigenvalue weighted by atomic mass is 35.5. The first kappa shape index (κ1) is 22.8. The van der Waals surface area contributed by atoms with Gasteiger partial charge in [0.2, 0.25) is 0 Å². The summed E-state index contributed by atoms with van der Waals surface area (Å²) in [7, 11) is 0. The predicted molar refractivity (Wildman–Crippen MR) is 144 cm³/mol. The Labute approximate surface area is 225 Å². The minimum absolute atomic E-state index is 0.362. The quantitative estimate of drug-likeness (QED) is 0.210. The number of hydrogen-bond acceptors (Lipinski definition) is 8. The molecule has 0 bridgehead atoms. The van der Waals surface area contributed by atoms with Gasteiger partial charge in [-0.15, -0.1) is 5.53 Å². The topological polar surface area (TPSA) is 117 Å². The van der Waals surface area contributed by atoms with Crippen LogP contribution in [-0.4, -0.2) is 32.5 Å². The molecule has 6 rings (SSSR count). The van der Waals surface area contributed by atoms with Gasteiger partial charge in [0, 0.05) is 54.9 Å². The van der Waals surface area contributed by atoms with Crippen LogP contribution in [0.4, 0.5) is 15.8 Å². The molecule has 0 amide bonds. The largest absolute Gasteiger partial charge is 0.383 e. The number of hydrazine groups is 2. The predicted octanol–water partition coefficient (Wildman–Crippen LogP) is 4.76. The molecule has 0 unspecified atom stereocenters. The summed E-state index contributed by atoms with van der Waals surface area (Å²) in [4.78, 5) is 11.7. The molecule has 1 fully saturated rings. The summed E-state index contributed by atoms with van der Waals surface area (Å²) < 4.78 is 23.3. The number of nitriles is 1. The summed E-state index contributed by atoms with van der Waals surface area (Å²) >= 11 is 6.68. The van der Waals surface area contributed by atoms with Crippen molar-refractivity contribution in [2.75, 3.05) is 17.2 Å². The molecular weight excluding hydrogens is 505 g/mol. The molecule has 1 atom stereocenters. The number of halogens is 2. The molecule has 1 aliphatic heterocycles. The molecule has 11 heteroatoms. The van der Waals surface area contributed by atoms with Gasteiger partial charge in [-0.1, -0.05) is 23.7 Å². The van der Waals surface area contributed by atoms with Gasteiger partial charge in [0.15, 0.2) is 0 Å². The Bertz CT molecular complexity index is 1580. The van der Waals surface area contributed by atoms with Crippen molar-refractivity contribution in [2.45, 2.75) is 31.3 Å². The Morgan fingerprint density at radius 1 is 1.26 bits per heavy atom. The van der Waals surface area contributed by atoms with Crippen LogP contribution in [-0.2, 0) is 6.42 Å². The van der Waals surface area contributed by atoms with Crippen molar-refractivity contribution >= 4 is 33.9 Å². The Morgan fingerprint density at radius 3 is 2.84 bits per heavy atom. The van der Waals surface area contributed by atoms with Crippen molar-refractivity contribution < 1.29 is 5.76 Å². The SMILES string of the molecule is [2H][C@](Nc1cc(Cl)c2ncc(C#N)c(NCCc3ncc[nH]3)c2c1)(C1=CN(C2CC2)NN1)c1ccc(F)cc1. The summed E-state index contributed by atoms with van der Waals surface area (Å²) in [5.41, 5.74) is 9.31. The number of rotatable bonds is 9. The summed E-state index contributed by atoms with van der Waals surface area (Å²) in [6.07, 6.45) is 9.57. The maximum atomic E-state index is 13.8. The lowest BCUT2D eigenvalue weighted by atomic mass is 10.0. The minimum atomic E-state index is -1.52. The molecule has 1 saturated carbocycles. The van der Waals surface area contributed by atoms with Gasteiger partial charge in [-0.2, -0.15) is 5.26 Å². The number of imidazole rings is 1. The molecule has 1 aliphatic carbocycles. The summed E-state index contributed by atoms with van der Waals surface area (Å²) in [5, 5.41) is 19.4. The molecule has 0 spiro atoms. The van der Waals surface area contributed by atoms with Crippen LogP contribution in [0.1, 0.15) is 37.2 Å².